The minimum absolute atomic E-state index is 0.0104. The molecule has 1 aliphatic rings. The van der Waals surface area contributed by atoms with Crippen molar-refractivity contribution in [3.05, 3.63) is 33.9 Å². The second-order valence-corrected chi connectivity index (χ2v) is 5.18. The van der Waals surface area contributed by atoms with E-state index >= 15 is 0 Å². The molecule has 0 amide bonds. The van der Waals surface area contributed by atoms with Crippen molar-refractivity contribution in [1.82, 2.24) is 0 Å². The predicted octanol–water partition coefficient (Wildman–Crippen LogP) is 3.77. The van der Waals surface area contributed by atoms with Crippen LogP contribution in [0.5, 0.6) is 11.5 Å². The van der Waals surface area contributed by atoms with Crippen LogP contribution in [-0.4, -0.2) is 25.8 Å². The second-order valence-electron chi connectivity index (χ2n) is 4.81. The molecule has 0 saturated heterocycles. The van der Waals surface area contributed by atoms with Gasteiger partial charge in [-0.25, -0.2) is 0 Å². The van der Waals surface area contributed by atoms with Crippen LogP contribution in [0, 0.1) is 0 Å². The highest BCUT2D eigenvalue weighted by molar-refractivity contribution is 6.50. The van der Waals surface area contributed by atoms with E-state index in [4.69, 9.17) is 21.1 Å². The molecule has 0 radical (unpaired) electrons. The van der Waals surface area contributed by atoms with Crippen LogP contribution in [0.25, 0.3) is 0 Å². The molecule has 0 spiro atoms. The third-order valence-electron chi connectivity index (χ3n) is 3.52. The molecule has 0 bridgehead atoms. The number of methoxy groups -OCH3 is 2. The molecule has 2 rings (SSSR count). The monoisotopic (exact) mass is 308 g/mol. The molecule has 4 nitrogen and oxygen atoms in total. The van der Waals surface area contributed by atoms with Gasteiger partial charge in [0.2, 0.25) is 5.78 Å². The highest BCUT2D eigenvalue weighted by atomic mass is 35.5. The number of unbranched alkanes of at least 4 members (excludes halogenated alkanes) is 1. The first-order valence-corrected chi connectivity index (χ1v) is 7.17. The molecule has 0 aliphatic heterocycles. The number of allylic oxidation sites excluding steroid dienone is 2. The Morgan fingerprint density at radius 2 is 1.81 bits per heavy atom. The van der Waals surface area contributed by atoms with Gasteiger partial charge in [-0.05, 0) is 18.9 Å². The molecule has 0 N–H and O–H groups in total. The van der Waals surface area contributed by atoms with E-state index in [0.29, 0.717) is 23.5 Å². The maximum atomic E-state index is 12.6. The van der Waals surface area contributed by atoms with Crippen LogP contribution in [0.15, 0.2) is 22.7 Å². The van der Waals surface area contributed by atoms with E-state index in [1.165, 1.54) is 20.3 Å². The molecule has 1 aromatic carbocycles. The van der Waals surface area contributed by atoms with E-state index in [1.54, 1.807) is 6.07 Å². The van der Waals surface area contributed by atoms with E-state index < -0.39 is 0 Å². The zero-order valence-corrected chi connectivity index (χ0v) is 13.0. The van der Waals surface area contributed by atoms with Crippen molar-refractivity contribution in [2.75, 3.05) is 14.2 Å². The number of ether oxygens (including phenoxy) is 2. The predicted molar refractivity (Wildman–Crippen MR) is 80.6 cm³/mol. The van der Waals surface area contributed by atoms with Gasteiger partial charge in [0, 0.05) is 17.2 Å². The average Bonchev–Trinajstić information content (AvgIpc) is 2.51. The van der Waals surface area contributed by atoms with Gasteiger partial charge in [-0.15, -0.1) is 0 Å². The molecule has 0 heterocycles. The molecule has 0 atom stereocenters. The van der Waals surface area contributed by atoms with Gasteiger partial charge in [0.15, 0.2) is 5.78 Å². The van der Waals surface area contributed by atoms with Crippen molar-refractivity contribution < 1.29 is 19.1 Å². The van der Waals surface area contributed by atoms with Gasteiger partial charge in [-0.2, -0.15) is 0 Å². The van der Waals surface area contributed by atoms with Gasteiger partial charge in [-0.3, -0.25) is 9.59 Å². The lowest BCUT2D eigenvalue weighted by Crippen LogP contribution is -2.21. The maximum Gasteiger partial charge on any atom is 0.205 e. The number of carbonyl (C=O) groups excluding carboxylic acids is 2. The standard InChI is InChI=1S/C16H17ClO4/c1-4-5-6-10-14(17)16(19)11-7-9(20-2)8-12(21-3)13(11)15(10)18/h7-8H,4-6H2,1-3H3. The van der Waals surface area contributed by atoms with E-state index in [0.717, 1.165) is 12.8 Å². The first-order valence-electron chi connectivity index (χ1n) is 6.79. The number of hydrogen-bond donors (Lipinski definition) is 0. The summed E-state index contributed by atoms with van der Waals surface area (Å²) in [5.74, 6) is 0.200. The van der Waals surface area contributed by atoms with Crippen LogP contribution in [0.4, 0.5) is 0 Å². The third kappa shape index (κ3) is 2.68. The van der Waals surface area contributed by atoms with Gasteiger partial charge >= 0.3 is 0 Å². The fourth-order valence-corrected chi connectivity index (χ4v) is 2.65. The van der Waals surface area contributed by atoms with Crippen molar-refractivity contribution in [3.63, 3.8) is 0 Å². The zero-order chi connectivity index (χ0) is 15.6. The molecule has 1 aliphatic carbocycles. The lowest BCUT2D eigenvalue weighted by molar-refractivity contribution is 0.0974. The van der Waals surface area contributed by atoms with Crippen molar-refractivity contribution in [2.24, 2.45) is 0 Å². The fraction of sp³-hybridized carbons (Fsp3) is 0.375. The Morgan fingerprint density at radius 3 is 2.38 bits per heavy atom. The summed E-state index contributed by atoms with van der Waals surface area (Å²) in [6.45, 7) is 2.02. The Balaban J connectivity index is 2.60. The van der Waals surface area contributed by atoms with Gasteiger partial charge in [-0.1, -0.05) is 24.9 Å². The molecular weight excluding hydrogens is 292 g/mol. The van der Waals surface area contributed by atoms with Crippen LogP contribution in [0.2, 0.25) is 0 Å². The smallest absolute Gasteiger partial charge is 0.205 e. The van der Waals surface area contributed by atoms with Crippen LogP contribution < -0.4 is 9.47 Å². The highest BCUT2D eigenvalue weighted by Gasteiger charge is 2.34. The number of ketones is 2. The molecular formula is C16H17ClO4. The molecule has 5 heteroatoms. The minimum Gasteiger partial charge on any atom is -0.497 e. The average molecular weight is 309 g/mol. The van der Waals surface area contributed by atoms with Crippen LogP contribution in [0.3, 0.4) is 0 Å². The highest BCUT2D eigenvalue weighted by Crippen LogP contribution is 2.38. The van der Waals surface area contributed by atoms with Gasteiger partial charge in [0.05, 0.1) is 24.8 Å². The lowest BCUT2D eigenvalue weighted by Gasteiger charge is -2.20. The number of Topliss-reactive ketones (excluding diaryl/α,β-unsaturated/α-hetero) is 2. The van der Waals surface area contributed by atoms with Gasteiger partial charge in [0.1, 0.15) is 11.5 Å². The Morgan fingerprint density at radius 1 is 1.10 bits per heavy atom. The molecule has 21 heavy (non-hydrogen) atoms. The fourth-order valence-electron chi connectivity index (χ4n) is 2.36. The molecule has 1 aromatic rings. The quantitative estimate of drug-likeness (QED) is 0.831. The topological polar surface area (TPSA) is 52.6 Å². The van der Waals surface area contributed by atoms with Crippen molar-refractivity contribution in [3.8, 4) is 11.5 Å². The Hall–Kier alpha value is -1.81. The van der Waals surface area contributed by atoms with E-state index in [2.05, 4.69) is 0 Å². The summed E-state index contributed by atoms with van der Waals surface area (Å²) in [6.07, 6.45) is 2.22. The van der Waals surface area contributed by atoms with Crippen molar-refractivity contribution in [1.29, 1.82) is 0 Å². The number of carbonyl (C=O) groups is 2. The first-order chi connectivity index (χ1) is 10.0. The van der Waals surface area contributed by atoms with Crippen LogP contribution in [-0.2, 0) is 0 Å². The molecule has 0 saturated carbocycles. The van der Waals surface area contributed by atoms with E-state index in [-0.39, 0.29) is 27.7 Å². The number of rotatable bonds is 5. The summed E-state index contributed by atoms with van der Waals surface area (Å²) in [5, 5.41) is 0.0104. The number of fused-ring (bicyclic) bond motifs is 1. The Kier molecular flexibility index (Phi) is 4.68. The van der Waals surface area contributed by atoms with Gasteiger partial charge < -0.3 is 9.47 Å². The maximum absolute atomic E-state index is 12.6. The van der Waals surface area contributed by atoms with E-state index in [9.17, 15) is 9.59 Å². The third-order valence-corrected chi connectivity index (χ3v) is 3.92. The molecule has 0 fully saturated rings. The number of hydrogen-bond acceptors (Lipinski definition) is 4. The first kappa shape index (κ1) is 15.6. The summed E-state index contributed by atoms with van der Waals surface area (Å²) in [6, 6.07) is 3.12. The van der Waals surface area contributed by atoms with Crippen LogP contribution >= 0.6 is 11.6 Å². The minimum atomic E-state index is -0.352. The normalized spacial score (nSPS) is 14.3. The Labute approximate surface area is 128 Å². The second kappa shape index (κ2) is 6.31. The number of halogens is 1. The Bertz CT molecular complexity index is 631. The lowest BCUT2D eigenvalue weighted by atomic mass is 9.86. The van der Waals surface area contributed by atoms with Gasteiger partial charge in [0.25, 0.3) is 0 Å². The summed E-state index contributed by atoms with van der Waals surface area (Å²) >= 11 is 6.11. The summed E-state index contributed by atoms with van der Waals surface area (Å²) < 4.78 is 10.4. The largest absolute Gasteiger partial charge is 0.497 e. The van der Waals surface area contributed by atoms with E-state index in [1.807, 2.05) is 6.92 Å². The zero-order valence-electron chi connectivity index (χ0n) is 12.3. The van der Waals surface area contributed by atoms with Crippen LogP contribution in [0.1, 0.15) is 46.9 Å². The van der Waals surface area contributed by atoms with Crippen molar-refractivity contribution in [2.45, 2.75) is 26.2 Å². The molecule has 0 unspecified atom stereocenters. The molecule has 0 aromatic heterocycles. The number of benzene rings is 1. The summed E-state index contributed by atoms with van der Waals surface area (Å²) in [7, 11) is 2.94. The van der Waals surface area contributed by atoms with Crippen molar-refractivity contribution >= 4 is 23.2 Å². The molecule has 112 valence electrons. The summed E-state index contributed by atoms with van der Waals surface area (Å²) in [4.78, 5) is 25.1. The summed E-state index contributed by atoms with van der Waals surface area (Å²) in [5.41, 5.74) is 0.889. The SMILES string of the molecule is CCCCC1=C(Cl)C(=O)c2cc(OC)cc(OC)c2C1=O.